The molecule has 0 fully saturated rings. The van der Waals surface area contributed by atoms with Crippen LogP contribution in [0.5, 0.6) is 0 Å². The Morgan fingerprint density at radius 2 is 1.85 bits per heavy atom. The second-order valence-electron chi connectivity index (χ2n) is 3.23. The fourth-order valence-corrected chi connectivity index (χ4v) is 1.98. The summed E-state index contributed by atoms with van der Waals surface area (Å²) in [5, 5.41) is 0. The second-order valence-corrected chi connectivity index (χ2v) is 5.67. The van der Waals surface area contributed by atoms with Crippen molar-refractivity contribution in [3.8, 4) is 0 Å². The maximum Gasteiger partial charge on any atom is 0.0720 e. The molecular formula is C10H15NOS. The van der Waals surface area contributed by atoms with Gasteiger partial charge in [-0.05, 0) is 37.1 Å². The molecule has 0 spiro atoms. The highest BCUT2D eigenvalue weighted by Crippen LogP contribution is 2.15. The van der Waals surface area contributed by atoms with Crippen molar-refractivity contribution < 1.29 is 4.21 Å². The molecule has 3 heteroatoms. The lowest BCUT2D eigenvalue weighted by atomic mass is 10.1. The van der Waals surface area contributed by atoms with E-state index in [9.17, 15) is 4.21 Å². The van der Waals surface area contributed by atoms with E-state index < -0.39 is 9.73 Å². The molecule has 0 N–H and O–H groups in total. The normalized spacial score (nSPS) is 15.1. The van der Waals surface area contributed by atoms with Crippen molar-refractivity contribution in [2.75, 3.05) is 13.3 Å². The van der Waals surface area contributed by atoms with Crippen LogP contribution >= 0.6 is 0 Å². The SMILES string of the molecule is CN=[S@](C)(=O)c1ccc(C)c(C)c1. The number of benzene rings is 1. The molecule has 0 aromatic heterocycles. The summed E-state index contributed by atoms with van der Waals surface area (Å²) in [4.78, 5) is 0.818. The van der Waals surface area contributed by atoms with Gasteiger partial charge in [0.15, 0.2) is 0 Å². The number of aryl methyl sites for hydroxylation is 2. The first-order chi connectivity index (χ1) is 5.97. The molecular weight excluding hydrogens is 182 g/mol. The fourth-order valence-electron chi connectivity index (χ4n) is 1.05. The largest absolute Gasteiger partial charge is 0.245 e. The van der Waals surface area contributed by atoms with Crippen LogP contribution in [0.15, 0.2) is 27.5 Å². The van der Waals surface area contributed by atoms with Crippen LogP contribution in [0.3, 0.4) is 0 Å². The van der Waals surface area contributed by atoms with Gasteiger partial charge in [-0.15, -0.1) is 0 Å². The zero-order valence-electron chi connectivity index (χ0n) is 8.50. The van der Waals surface area contributed by atoms with E-state index >= 15 is 0 Å². The number of nitrogens with zero attached hydrogens (tertiary/aromatic N) is 1. The molecule has 0 saturated heterocycles. The van der Waals surface area contributed by atoms with Crippen LogP contribution in [0, 0.1) is 13.8 Å². The Bertz CT molecular complexity index is 429. The molecule has 0 unspecified atom stereocenters. The van der Waals surface area contributed by atoms with Crippen molar-refractivity contribution in [1.82, 2.24) is 0 Å². The van der Waals surface area contributed by atoms with E-state index in [1.54, 1.807) is 13.3 Å². The highest BCUT2D eigenvalue weighted by atomic mass is 32.2. The third-order valence-electron chi connectivity index (χ3n) is 2.26. The van der Waals surface area contributed by atoms with E-state index in [0.29, 0.717) is 0 Å². The van der Waals surface area contributed by atoms with Crippen LogP contribution in [-0.4, -0.2) is 17.5 Å². The maximum atomic E-state index is 11.9. The Balaban J connectivity index is 3.36. The molecule has 13 heavy (non-hydrogen) atoms. The van der Waals surface area contributed by atoms with E-state index in [2.05, 4.69) is 4.36 Å². The van der Waals surface area contributed by atoms with E-state index in [1.807, 2.05) is 32.0 Å². The molecule has 1 aromatic rings. The van der Waals surface area contributed by atoms with Gasteiger partial charge in [0.2, 0.25) is 0 Å². The summed E-state index contributed by atoms with van der Waals surface area (Å²) in [7, 11) is -0.568. The van der Waals surface area contributed by atoms with Crippen molar-refractivity contribution in [3.05, 3.63) is 29.3 Å². The van der Waals surface area contributed by atoms with Gasteiger partial charge >= 0.3 is 0 Å². The van der Waals surface area contributed by atoms with E-state index in [-0.39, 0.29) is 0 Å². The first-order valence-corrected chi connectivity index (χ1v) is 6.07. The van der Waals surface area contributed by atoms with Crippen molar-refractivity contribution in [2.24, 2.45) is 4.36 Å². The molecule has 0 aliphatic heterocycles. The quantitative estimate of drug-likeness (QED) is 0.679. The minimum atomic E-state index is -2.16. The molecule has 72 valence electrons. The Labute approximate surface area is 80.2 Å². The molecule has 1 aromatic carbocycles. The van der Waals surface area contributed by atoms with Crippen molar-refractivity contribution in [1.29, 1.82) is 0 Å². The average Bonchev–Trinajstić information content (AvgIpc) is 2.09. The number of hydrogen-bond acceptors (Lipinski definition) is 2. The molecule has 0 amide bonds. The van der Waals surface area contributed by atoms with Crippen LogP contribution in [-0.2, 0) is 9.73 Å². The van der Waals surface area contributed by atoms with E-state index in [4.69, 9.17) is 0 Å². The van der Waals surface area contributed by atoms with Gasteiger partial charge in [0.1, 0.15) is 0 Å². The van der Waals surface area contributed by atoms with Crippen LogP contribution in [0.4, 0.5) is 0 Å². The summed E-state index contributed by atoms with van der Waals surface area (Å²) in [5.74, 6) is 0. The predicted molar refractivity (Wildman–Crippen MR) is 56.6 cm³/mol. The molecule has 0 radical (unpaired) electrons. The van der Waals surface area contributed by atoms with Gasteiger partial charge in [-0.2, -0.15) is 0 Å². The lowest BCUT2D eigenvalue weighted by Crippen LogP contribution is -1.97. The number of rotatable bonds is 1. The topological polar surface area (TPSA) is 29.4 Å². The van der Waals surface area contributed by atoms with Gasteiger partial charge in [0, 0.05) is 18.2 Å². The van der Waals surface area contributed by atoms with Gasteiger partial charge in [-0.1, -0.05) is 6.07 Å². The Hall–Kier alpha value is -0.830. The van der Waals surface area contributed by atoms with E-state index in [0.717, 1.165) is 10.5 Å². The Morgan fingerprint density at radius 1 is 1.23 bits per heavy atom. The molecule has 0 heterocycles. The summed E-state index contributed by atoms with van der Waals surface area (Å²) < 4.78 is 15.7. The van der Waals surface area contributed by atoms with Crippen LogP contribution in [0.1, 0.15) is 11.1 Å². The highest BCUT2D eigenvalue weighted by Gasteiger charge is 2.04. The lowest BCUT2D eigenvalue weighted by molar-refractivity contribution is 0.680. The average molecular weight is 197 g/mol. The first-order valence-electron chi connectivity index (χ1n) is 4.15. The second kappa shape index (κ2) is 3.50. The number of hydrogen-bond donors (Lipinski definition) is 0. The molecule has 1 atom stereocenters. The van der Waals surface area contributed by atoms with Gasteiger partial charge in [-0.3, -0.25) is 0 Å². The minimum Gasteiger partial charge on any atom is -0.245 e. The van der Waals surface area contributed by atoms with E-state index in [1.165, 1.54) is 5.56 Å². The summed E-state index contributed by atoms with van der Waals surface area (Å²) in [6, 6.07) is 5.82. The predicted octanol–water partition coefficient (Wildman–Crippen LogP) is 2.39. The lowest BCUT2D eigenvalue weighted by Gasteiger charge is -2.05. The Kier molecular flexibility index (Phi) is 2.76. The Morgan fingerprint density at radius 3 is 2.31 bits per heavy atom. The minimum absolute atomic E-state index is 0.818. The van der Waals surface area contributed by atoms with Crippen molar-refractivity contribution in [3.63, 3.8) is 0 Å². The highest BCUT2D eigenvalue weighted by molar-refractivity contribution is 7.93. The molecule has 1 rings (SSSR count). The summed E-state index contributed by atoms with van der Waals surface area (Å²) in [5.41, 5.74) is 2.38. The first kappa shape index (κ1) is 10.3. The summed E-state index contributed by atoms with van der Waals surface area (Å²) >= 11 is 0. The molecule has 0 aliphatic rings. The smallest absolute Gasteiger partial charge is 0.0720 e. The monoisotopic (exact) mass is 197 g/mol. The molecule has 2 nitrogen and oxygen atoms in total. The zero-order valence-corrected chi connectivity index (χ0v) is 9.31. The van der Waals surface area contributed by atoms with Gasteiger partial charge in [0.25, 0.3) is 0 Å². The van der Waals surface area contributed by atoms with Crippen LogP contribution in [0.25, 0.3) is 0 Å². The van der Waals surface area contributed by atoms with Crippen LogP contribution < -0.4 is 0 Å². The zero-order chi connectivity index (χ0) is 10.1. The van der Waals surface area contributed by atoms with Crippen molar-refractivity contribution >= 4 is 9.73 Å². The third kappa shape index (κ3) is 2.10. The van der Waals surface area contributed by atoms with Crippen molar-refractivity contribution in [2.45, 2.75) is 18.7 Å². The standard InChI is InChI=1S/C10H15NOS/c1-8-5-6-10(7-9(8)2)13(4,12)11-3/h5-7H,1-4H3/t13-/m1/s1. The van der Waals surface area contributed by atoms with Crippen LogP contribution in [0.2, 0.25) is 0 Å². The molecule has 0 aliphatic carbocycles. The van der Waals surface area contributed by atoms with Gasteiger partial charge in [-0.25, -0.2) is 8.57 Å². The third-order valence-corrected chi connectivity index (χ3v) is 4.09. The molecule has 0 bridgehead atoms. The van der Waals surface area contributed by atoms with Gasteiger partial charge < -0.3 is 0 Å². The molecule has 0 saturated carbocycles. The summed E-state index contributed by atoms with van der Waals surface area (Å²) in [6.45, 7) is 4.06. The van der Waals surface area contributed by atoms with Gasteiger partial charge in [0.05, 0.1) is 9.73 Å². The maximum absolute atomic E-state index is 11.9. The fraction of sp³-hybridized carbons (Fsp3) is 0.400. The summed E-state index contributed by atoms with van der Waals surface area (Å²) in [6.07, 6.45) is 1.66.